The van der Waals surface area contributed by atoms with E-state index in [1.807, 2.05) is 0 Å². The van der Waals surface area contributed by atoms with Gasteiger partial charge in [0.25, 0.3) is 0 Å². The van der Waals surface area contributed by atoms with Crippen LogP contribution in [0.1, 0.15) is 47.0 Å². The van der Waals surface area contributed by atoms with E-state index < -0.39 is 0 Å². The van der Waals surface area contributed by atoms with Crippen molar-refractivity contribution >= 4 is 0 Å². The Morgan fingerprint density at radius 2 is 1.67 bits per heavy atom. The minimum Gasteiger partial charge on any atom is -0.396 e. The zero-order valence-corrected chi connectivity index (χ0v) is 10.6. The van der Waals surface area contributed by atoms with Crippen LogP contribution in [0, 0.1) is 0 Å². The Morgan fingerprint density at radius 3 is 2.07 bits per heavy atom. The molecule has 15 heavy (non-hydrogen) atoms. The van der Waals surface area contributed by atoms with E-state index in [4.69, 9.17) is 10.8 Å². The minimum atomic E-state index is 0.149. The van der Waals surface area contributed by atoms with Gasteiger partial charge >= 0.3 is 0 Å². The molecule has 1 heterocycles. The van der Waals surface area contributed by atoms with Gasteiger partial charge in [0.05, 0.1) is 0 Å². The van der Waals surface area contributed by atoms with Crippen molar-refractivity contribution < 1.29 is 5.11 Å². The molecular weight excluding hydrogens is 188 g/mol. The Balaban J connectivity index is 2.77. The molecule has 0 radical (unpaired) electrons. The summed E-state index contributed by atoms with van der Waals surface area (Å²) in [5.41, 5.74) is 6.40. The van der Waals surface area contributed by atoms with E-state index in [1.54, 1.807) is 0 Å². The monoisotopic (exact) mass is 214 g/mol. The highest BCUT2D eigenvalue weighted by atomic mass is 16.3. The molecule has 0 aromatic heterocycles. The Bertz CT molecular complexity index is 196. The maximum atomic E-state index is 8.94. The second kappa shape index (κ2) is 4.40. The van der Waals surface area contributed by atoms with Crippen molar-refractivity contribution in [3.8, 4) is 0 Å². The minimum absolute atomic E-state index is 0.149. The summed E-state index contributed by atoms with van der Waals surface area (Å²) >= 11 is 0. The van der Waals surface area contributed by atoms with E-state index in [2.05, 4.69) is 32.6 Å². The van der Waals surface area contributed by atoms with Crippen molar-refractivity contribution in [3.05, 3.63) is 0 Å². The molecule has 0 saturated carbocycles. The van der Waals surface area contributed by atoms with Gasteiger partial charge in [-0.15, -0.1) is 0 Å². The quantitative estimate of drug-likeness (QED) is 0.745. The van der Waals surface area contributed by atoms with E-state index in [-0.39, 0.29) is 17.7 Å². The Labute approximate surface area is 93.6 Å². The Morgan fingerprint density at radius 1 is 1.20 bits per heavy atom. The number of piperidine rings is 1. The van der Waals surface area contributed by atoms with Crippen LogP contribution in [0.25, 0.3) is 0 Å². The topological polar surface area (TPSA) is 49.5 Å². The van der Waals surface area contributed by atoms with Gasteiger partial charge in [-0.2, -0.15) is 0 Å². The number of nitrogens with zero attached hydrogens (tertiary/aromatic N) is 1. The van der Waals surface area contributed by atoms with E-state index >= 15 is 0 Å². The van der Waals surface area contributed by atoms with Gasteiger partial charge in [-0.25, -0.2) is 0 Å². The highest BCUT2D eigenvalue weighted by Crippen LogP contribution is 2.37. The first-order valence-corrected chi connectivity index (χ1v) is 5.94. The van der Waals surface area contributed by atoms with Crippen LogP contribution >= 0.6 is 0 Å². The molecular formula is C12H26N2O. The average molecular weight is 214 g/mol. The zero-order chi connectivity index (χ0) is 11.7. The summed E-state index contributed by atoms with van der Waals surface area (Å²) in [6, 6.07) is 0.306. The molecule has 1 aliphatic rings. The van der Waals surface area contributed by atoms with Crippen LogP contribution < -0.4 is 5.73 Å². The second-order valence-corrected chi connectivity index (χ2v) is 6.02. The van der Waals surface area contributed by atoms with Crippen LogP contribution in [0.2, 0.25) is 0 Å². The normalized spacial score (nSPS) is 26.8. The summed E-state index contributed by atoms with van der Waals surface area (Å²) < 4.78 is 0. The molecule has 1 fully saturated rings. The van der Waals surface area contributed by atoms with Gasteiger partial charge in [0.15, 0.2) is 0 Å². The number of aliphatic hydroxyl groups excluding tert-OH is 1. The highest BCUT2D eigenvalue weighted by molar-refractivity contribution is 5.01. The van der Waals surface area contributed by atoms with Crippen LogP contribution in [0.3, 0.4) is 0 Å². The summed E-state index contributed by atoms with van der Waals surface area (Å²) in [6.07, 6.45) is 2.94. The van der Waals surface area contributed by atoms with E-state index in [1.165, 1.54) is 0 Å². The summed E-state index contributed by atoms with van der Waals surface area (Å²) in [7, 11) is 0. The van der Waals surface area contributed by atoms with Gasteiger partial charge in [-0.1, -0.05) is 0 Å². The van der Waals surface area contributed by atoms with Crippen LogP contribution in [0.15, 0.2) is 0 Å². The van der Waals surface area contributed by atoms with Gasteiger partial charge in [-0.3, -0.25) is 4.90 Å². The standard InChI is InChI=1S/C12H26N2O/c1-11(2)8-10(13)9-12(3,4)14(11)6-5-7-15/h10,15H,5-9,13H2,1-4H3. The third-order valence-electron chi connectivity index (χ3n) is 3.52. The van der Waals surface area contributed by atoms with Crippen molar-refractivity contribution in [1.82, 2.24) is 4.90 Å². The van der Waals surface area contributed by atoms with Gasteiger partial charge < -0.3 is 10.8 Å². The molecule has 0 atom stereocenters. The fraction of sp³-hybridized carbons (Fsp3) is 1.00. The molecule has 1 rings (SSSR count). The smallest absolute Gasteiger partial charge is 0.0443 e. The Kier molecular flexibility index (Phi) is 3.80. The first kappa shape index (κ1) is 12.9. The van der Waals surface area contributed by atoms with Crippen LogP contribution in [-0.4, -0.2) is 40.3 Å². The molecule has 90 valence electrons. The van der Waals surface area contributed by atoms with Crippen molar-refractivity contribution in [3.63, 3.8) is 0 Å². The third-order valence-corrected chi connectivity index (χ3v) is 3.52. The number of hydrogen-bond donors (Lipinski definition) is 2. The molecule has 0 aromatic rings. The van der Waals surface area contributed by atoms with Gasteiger partial charge in [0.2, 0.25) is 0 Å². The molecule has 3 N–H and O–H groups in total. The van der Waals surface area contributed by atoms with Crippen molar-refractivity contribution in [2.24, 2.45) is 5.73 Å². The largest absolute Gasteiger partial charge is 0.396 e. The molecule has 0 aliphatic carbocycles. The van der Waals surface area contributed by atoms with E-state index in [9.17, 15) is 0 Å². The van der Waals surface area contributed by atoms with Crippen LogP contribution in [0.4, 0.5) is 0 Å². The molecule has 1 saturated heterocycles. The molecule has 3 nitrogen and oxygen atoms in total. The number of aliphatic hydroxyl groups is 1. The van der Waals surface area contributed by atoms with Crippen LogP contribution in [-0.2, 0) is 0 Å². The molecule has 0 amide bonds. The molecule has 0 aromatic carbocycles. The number of nitrogens with two attached hydrogens (primary N) is 1. The van der Waals surface area contributed by atoms with Crippen molar-refractivity contribution in [2.75, 3.05) is 13.2 Å². The van der Waals surface area contributed by atoms with Gasteiger partial charge in [0, 0.05) is 30.3 Å². The number of hydrogen-bond acceptors (Lipinski definition) is 3. The second-order valence-electron chi connectivity index (χ2n) is 6.02. The van der Waals surface area contributed by atoms with E-state index in [0.29, 0.717) is 6.04 Å². The molecule has 0 bridgehead atoms. The first-order chi connectivity index (χ1) is 6.79. The summed E-state index contributed by atoms with van der Waals surface area (Å²) in [4.78, 5) is 2.50. The summed E-state index contributed by atoms with van der Waals surface area (Å²) in [6.45, 7) is 10.3. The summed E-state index contributed by atoms with van der Waals surface area (Å²) in [5.74, 6) is 0. The number of likely N-dealkylation sites (tertiary alicyclic amines) is 1. The molecule has 3 heteroatoms. The zero-order valence-electron chi connectivity index (χ0n) is 10.6. The van der Waals surface area contributed by atoms with Crippen molar-refractivity contribution in [2.45, 2.75) is 64.1 Å². The Hall–Kier alpha value is -0.120. The lowest BCUT2D eigenvalue weighted by molar-refractivity contribution is -0.0374. The SMILES string of the molecule is CC1(C)CC(N)CC(C)(C)N1CCCO. The average Bonchev–Trinajstić information content (AvgIpc) is 1.98. The highest BCUT2D eigenvalue weighted by Gasteiger charge is 2.43. The predicted octanol–water partition coefficient (Wildman–Crippen LogP) is 1.35. The molecule has 0 spiro atoms. The fourth-order valence-corrected chi connectivity index (χ4v) is 3.23. The van der Waals surface area contributed by atoms with Gasteiger partial charge in [-0.05, 0) is 47.0 Å². The lowest BCUT2D eigenvalue weighted by Gasteiger charge is -2.55. The summed E-state index contributed by atoms with van der Waals surface area (Å²) in [5, 5.41) is 8.94. The van der Waals surface area contributed by atoms with Crippen molar-refractivity contribution in [1.29, 1.82) is 0 Å². The van der Waals surface area contributed by atoms with Gasteiger partial charge in [0.1, 0.15) is 0 Å². The maximum Gasteiger partial charge on any atom is 0.0443 e. The lowest BCUT2D eigenvalue weighted by Crippen LogP contribution is -2.63. The van der Waals surface area contributed by atoms with E-state index in [0.717, 1.165) is 25.8 Å². The first-order valence-electron chi connectivity index (χ1n) is 5.94. The van der Waals surface area contributed by atoms with Crippen LogP contribution in [0.5, 0.6) is 0 Å². The maximum absolute atomic E-state index is 8.94. The predicted molar refractivity (Wildman–Crippen MR) is 63.8 cm³/mol. The number of rotatable bonds is 3. The third kappa shape index (κ3) is 2.92. The fourth-order valence-electron chi connectivity index (χ4n) is 3.23. The lowest BCUT2D eigenvalue weighted by atomic mass is 9.77. The molecule has 1 aliphatic heterocycles. The molecule has 0 unspecified atom stereocenters.